The van der Waals surface area contributed by atoms with Gasteiger partial charge >= 0.3 is 5.97 Å². The molecule has 1 N–H and O–H groups in total. The van der Waals surface area contributed by atoms with Crippen LogP contribution in [0.25, 0.3) is 0 Å². The van der Waals surface area contributed by atoms with Gasteiger partial charge in [-0.25, -0.2) is 0 Å². The highest BCUT2D eigenvalue weighted by Gasteiger charge is 2.41. The lowest BCUT2D eigenvalue weighted by molar-refractivity contribution is -0.141. The summed E-state index contributed by atoms with van der Waals surface area (Å²) < 4.78 is 5.44. The van der Waals surface area contributed by atoms with Gasteiger partial charge in [-0.15, -0.1) is 11.3 Å². The van der Waals surface area contributed by atoms with Crippen LogP contribution in [-0.2, 0) is 22.6 Å². The van der Waals surface area contributed by atoms with Crippen molar-refractivity contribution >= 4 is 23.2 Å². The molecule has 2 aliphatic heterocycles. The SMILES string of the molecule is O=C(O)[C@@H]1CN(C(=O)c2cc3c(s2)CCOC3)C[C@@H]1c1ccccc1. The van der Waals surface area contributed by atoms with Crippen LogP contribution in [0.1, 0.15) is 31.6 Å². The van der Waals surface area contributed by atoms with Gasteiger partial charge in [0, 0.05) is 30.3 Å². The van der Waals surface area contributed by atoms with Gasteiger partial charge in [-0.3, -0.25) is 9.59 Å². The topological polar surface area (TPSA) is 66.8 Å². The normalized spacial score (nSPS) is 22.6. The first-order valence-corrected chi connectivity index (χ1v) is 9.21. The molecule has 130 valence electrons. The van der Waals surface area contributed by atoms with E-state index < -0.39 is 11.9 Å². The second-order valence-electron chi connectivity index (χ2n) is 6.53. The van der Waals surface area contributed by atoms with E-state index in [-0.39, 0.29) is 18.4 Å². The number of hydrogen-bond acceptors (Lipinski definition) is 4. The van der Waals surface area contributed by atoms with Crippen LogP contribution < -0.4 is 0 Å². The molecule has 3 heterocycles. The number of carboxylic acids is 1. The number of hydrogen-bond donors (Lipinski definition) is 1. The lowest BCUT2D eigenvalue weighted by atomic mass is 9.89. The quantitative estimate of drug-likeness (QED) is 0.917. The summed E-state index contributed by atoms with van der Waals surface area (Å²) in [5.41, 5.74) is 2.07. The molecule has 0 radical (unpaired) electrons. The number of amides is 1. The van der Waals surface area contributed by atoms with Gasteiger partial charge in [-0.2, -0.15) is 0 Å². The summed E-state index contributed by atoms with van der Waals surface area (Å²) in [6.07, 6.45) is 0.845. The third kappa shape index (κ3) is 3.07. The van der Waals surface area contributed by atoms with E-state index in [4.69, 9.17) is 4.74 Å². The van der Waals surface area contributed by atoms with Crippen LogP contribution in [0.3, 0.4) is 0 Å². The fourth-order valence-electron chi connectivity index (χ4n) is 3.67. The Balaban J connectivity index is 1.57. The molecule has 2 aliphatic rings. The molecule has 1 fully saturated rings. The van der Waals surface area contributed by atoms with Crippen LogP contribution in [0, 0.1) is 5.92 Å². The number of nitrogens with zero attached hydrogens (tertiary/aromatic N) is 1. The third-order valence-electron chi connectivity index (χ3n) is 4.99. The molecule has 1 aromatic carbocycles. The van der Waals surface area contributed by atoms with Gasteiger partial charge in [0.15, 0.2) is 0 Å². The molecule has 4 rings (SSSR count). The predicted octanol–water partition coefficient (Wildman–Crippen LogP) is 2.76. The van der Waals surface area contributed by atoms with Crippen LogP contribution in [0.4, 0.5) is 0 Å². The Morgan fingerprint density at radius 1 is 1.20 bits per heavy atom. The molecule has 0 spiro atoms. The van der Waals surface area contributed by atoms with Crippen molar-refractivity contribution in [2.24, 2.45) is 5.92 Å². The minimum absolute atomic E-state index is 0.0657. The van der Waals surface area contributed by atoms with Gasteiger partial charge in [-0.1, -0.05) is 30.3 Å². The zero-order valence-electron chi connectivity index (χ0n) is 13.7. The monoisotopic (exact) mass is 357 g/mol. The molecular formula is C19H19NO4S. The molecule has 0 aliphatic carbocycles. The van der Waals surface area contributed by atoms with Crippen molar-refractivity contribution in [2.45, 2.75) is 18.9 Å². The van der Waals surface area contributed by atoms with E-state index in [9.17, 15) is 14.7 Å². The van der Waals surface area contributed by atoms with Crippen LogP contribution in [0.2, 0.25) is 0 Å². The molecule has 0 bridgehead atoms. The van der Waals surface area contributed by atoms with Crippen molar-refractivity contribution < 1.29 is 19.4 Å². The highest BCUT2D eigenvalue weighted by Crippen LogP contribution is 2.35. The third-order valence-corrected chi connectivity index (χ3v) is 6.22. The molecule has 2 atom stereocenters. The molecule has 1 amide bonds. The van der Waals surface area contributed by atoms with Crippen molar-refractivity contribution in [1.82, 2.24) is 4.90 Å². The minimum atomic E-state index is -0.844. The summed E-state index contributed by atoms with van der Waals surface area (Å²) in [4.78, 5) is 28.2. The smallest absolute Gasteiger partial charge is 0.308 e. The maximum absolute atomic E-state index is 12.9. The van der Waals surface area contributed by atoms with E-state index in [2.05, 4.69) is 0 Å². The summed E-state index contributed by atoms with van der Waals surface area (Å²) in [5.74, 6) is -1.64. The first-order valence-electron chi connectivity index (χ1n) is 8.40. The van der Waals surface area contributed by atoms with Gasteiger partial charge in [0.2, 0.25) is 0 Å². The van der Waals surface area contributed by atoms with E-state index in [1.54, 1.807) is 4.90 Å². The number of carbonyl (C=O) groups excluding carboxylic acids is 1. The summed E-state index contributed by atoms with van der Waals surface area (Å²) in [6.45, 7) is 1.96. The Morgan fingerprint density at radius 3 is 2.72 bits per heavy atom. The van der Waals surface area contributed by atoms with E-state index in [0.29, 0.717) is 24.6 Å². The predicted molar refractivity (Wildman–Crippen MR) is 93.9 cm³/mol. The summed E-state index contributed by atoms with van der Waals surface area (Å²) >= 11 is 1.52. The Morgan fingerprint density at radius 2 is 2.00 bits per heavy atom. The average molecular weight is 357 g/mol. The van der Waals surface area contributed by atoms with Crippen molar-refractivity contribution in [3.8, 4) is 0 Å². The van der Waals surface area contributed by atoms with Gasteiger partial charge < -0.3 is 14.7 Å². The summed E-state index contributed by atoms with van der Waals surface area (Å²) in [7, 11) is 0. The first-order chi connectivity index (χ1) is 12.1. The lowest BCUT2D eigenvalue weighted by Crippen LogP contribution is -2.29. The standard InChI is InChI=1S/C19H19NO4S/c21-18(17-8-13-11-24-7-6-16(13)25-17)20-9-14(15(10-20)19(22)23)12-4-2-1-3-5-12/h1-5,8,14-15H,6-7,9-11H2,(H,22,23)/t14-,15-/m1/s1. The highest BCUT2D eigenvalue weighted by molar-refractivity contribution is 7.14. The van der Waals surface area contributed by atoms with Crippen LogP contribution in [0.5, 0.6) is 0 Å². The number of benzene rings is 1. The summed E-state index contributed by atoms with van der Waals surface area (Å²) in [6, 6.07) is 11.5. The van der Waals surface area contributed by atoms with Gasteiger partial charge in [0.05, 0.1) is 24.0 Å². The molecule has 0 unspecified atom stereocenters. The van der Waals surface area contributed by atoms with E-state index in [0.717, 1.165) is 17.5 Å². The average Bonchev–Trinajstić information content (AvgIpc) is 3.26. The Hall–Kier alpha value is -2.18. The van der Waals surface area contributed by atoms with Gasteiger partial charge in [-0.05, 0) is 17.2 Å². The molecular weight excluding hydrogens is 338 g/mol. The second kappa shape index (κ2) is 6.61. The lowest BCUT2D eigenvalue weighted by Gasteiger charge is -2.15. The van der Waals surface area contributed by atoms with E-state index in [1.807, 2.05) is 36.4 Å². The van der Waals surface area contributed by atoms with Crippen molar-refractivity contribution in [3.63, 3.8) is 0 Å². The Labute approximate surface area is 149 Å². The summed E-state index contributed by atoms with van der Waals surface area (Å²) in [5, 5.41) is 9.60. The zero-order chi connectivity index (χ0) is 17.4. The highest BCUT2D eigenvalue weighted by atomic mass is 32.1. The molecule has 25 heavy (non-hydrogen) atoms. The minimum Gasteiger partial charge on any atom is -0.481 e. The maximum Gasteiger partial charge on any atom is 0.308 e. The van der Waals surface area contributed by atoms with Crippen molar-refractivity contribution in [2.75, 3.05) is 19.7 Å². The van der Waals surface area contributed by atoms with E-state index in [1.165, 1.54) is 16.2 Å². The molecule has 6 heteroatoms. The fourth-order valence-corrected chi connectivity index (χ4v) is 4.78. The number of fused-ring (bicyclic) bond motifs is 1. The second-order valence-corrected chi connectivity index (χ2v) is 7.67. The molecule has 5 nitrogen and oxygen atoms in total. The zero-order valence-corrected chi connectivity index (χ0v) is 14.5. The largest absolute Gasteiger partial charge is 0.481 e. The number of ether oxygens (including phenoxy) is 1. The number of carboxylic acid groups (broad SMARTS) is 1. The first kappa shape index (κ1) is 16.3. The molecule has 0 saturated carbocycles. The van der Waals surface area contributed by atoms with Crippen LogP contribution in [0.15, 0.2) is 36.4 Å². The number of thiophene rings is 1. The molecule has 1 aromatic heterocycles. The molecule has 2 aromatic rings. The number of likely N-dealkylation sites (tertiary alicyclic amines) is 1. The van der Waals surface area contributed by atoms with E-state index >= 15 is 0 Å². The van der Waals surface area contributed by atoms with Gasteiger partial charge in [0.1, 0.15) is 0 Å². The van der Waals surface area contributed by atoms with Crippen molar-refractivity contribution in [1.29, 1.82) is 0 Å². The van der Waals surface area contributed by atoms with Crippen LogP contribution >= 0.6 is 11.3 Å². The number of carbonyl (C=O) groups is 2. The Kier molecular flexibility index (Phi) is 4.31. The van der Waals surface area contributed by atoms with Gasteiger partial charge in [0.25, 0.3) is 5.91 Å². The Bertz CT molecular complexity index is 778. The van der Waals surface area contributed by atoms with Crippen LogP contribution in [-0.4, -0.2) is 41.6 Å². The number of aliphatic carboxylic acids is 1. The number of rotatable bonds is 3. The fraction of sp³-hybridized carbons (Fsp3) is 0.368. The molecule has 1 saturated heterocycles. The maximum atomic E-state index is 12.9. The van der Waals surface area contributed by atoms with Crippen molar-refractivity contribution in [3.05, 3.63) is 57.3 Å².